The summed E-state index contributed by atoms with van der Waals surface area (Å²) in [6.45, 7) is 3.76. The first-order valence-corrected chi connectivity index (χ1v) is 7.02. The summed E-state index contributed by atoms with van der Waals surface area (Å²) in [5, 5.41) is 5.86. The van der Waals surface area contributed by atoms with Crippen molar-refractivity contribution in [2.24, 2.45) is 0 Å². The van der Waals surface area contributed by atoms with Crippen LogP contribution in [-0.4, -0.2) is 10.9 Å². The van der Waals surface area contributed by atoms with Crippen molar-refractivity contribution < 1.29 is 4.79 Å². The van der Waals surface area contributed by atoms with Crippen molar-refractivity contribution in [1.29, 1.82) is 0 Å². The number of anilines is 2. The number of hydrogen-bond acceptors (Lipinski definition) is 4. The average molecular weight is 294 g/mol. The number of carbonyl (C=O) groups is 1. The van der Waals surface area contributed by atoms with Gasteiger partial charge in [0.05, 0.1) is 16.8 Å². The summed E-state index contributed by atoms with van der Waals surface area (Å²) in [5.74, 6) is -0.0331. The Bertz CT molecular complexity index is 693. The lowest BCUT2D eigenvalue weighted by atomic mass is 9.85. The fourth-order valence-corrected chi connectivity index (χ4v) is 3.02. The van der Waals surface area contributed by atoms with E-state index in [9.17, 15) is 4.79 Å². The Morgan fingerprint density at radius 1 is 1.42 bits per heavy atom. The SMILES string of the molecule is CC1(C)C(=O)Nc2c(-c3csc(N)n3)cc(Cl)cc21. The highest BCUT2D eigenvalue weighted by Crippen LogP contribution is 2.45. The number of halogens is 1. The third kappa shape index (κ3) is 1.81. The molecule has 0 saturated heterocycles. The highest BCUT2D eigenvalue weighted by molar-refractivity contribution is 7.13. The minimum absolute atomic E-state index is 0.0331. The van der Waals surface area contributed by atoms with Gasteiger partial charge in [-0.2, -0.15) is 0 Å². The number of rotatable bonds is 1. The van der Waals surface area contributed by atoms with E-state index in [0.29, 0.717) is 10.2 Å². The summed E-state index contributed by atoms with van der Waals surface area (Å²) in [7, 11) is 0. The Morgan fingerprint density at radius 2 is 2.16 bits per heavy atom. The van der Waals surface area contributed by atoms with Crippen LogP contribution in [0.2, 0.25) is 5.02 Å². The zero-order valence-electron chi connectivity index (χ0n) is 10.5. The lowest BCUT2D eigenvalue weighted by Gasteiger charge is -2.15. The molecule has 2 aromatic rings. The lowest BCUT2D eigenvalue weighted by Crippen LogP contribution is -2.26. The molecule has 0 radical (unpaired) electrons. The quantitative estimate of drug-likeness (QED) is 0.848. The first kappa shape index (κ1) is 12.4. The first-order chi connectivity index (χ1) is 8.89. The van der Waals surface area contributed by atoms with Gasteiger partial charge in [-0.1, -0.05) is 11.6 Å². The molecule has 1 aromatic carbocycles. The van der Waals surface area contributed by atoms with E-state index in [0.717, 1.165) is 22.5 Å². The molecule has 2 heterocycles. The van der Waals surface area contributed by atoms with E-state index in [4.69, 9.17) is 17.3 Å². The predicted octanol–water partition coefficient (Wildman–Crippen LogP) is 3.28. The molecule has 1 amide bonds. The second-order valence-electron chi connectivity index (χ2n) is 5.03. The maximum absolute atomic E-state index is 12.1. The Hall–Kier alpha value is -1.59. The fraction of sp³-hybridized carbons (Fsp3) is 0.231. The van der Waals surface area contributed by atoms with E-state index in [1.807, 2.05) is 25.3 Å². The van der Waals surface area contributed by atoms with Crippen molar-refractivity contribution in [3.63, 3.8) is 0 Å². The van der Waals surface area contributed by atoms with Crippen LogP contribution in [0.5, 0.6) is 0 Å². The lowest BCUT2D eigenvalue weighted by molar-refractivity contribution is -0.119. The Kier molecular flexibility index (Phi) is 2.59. The number of nitrogens with one attached hydrogen (secondary N) is 1. The molecular weight excluding hydrogens is 282 g/mol. The molecule has 3 N–H and O–H groups in total. The van der Waals surface area contributed by atoms with Crippen LogP contribution in [0.4, 0.5) is 10.8 Å². The molecule has 0 aliphatic carbocycles. The highest BCUT2D eigenvalue weighted by atomic mass is 35.5. The summed E-state index contributed by atoms with van der Waals surface area (Å²) in [5.41, 5.74) is 8.31. The van der Waals surface area contributed by atoms with E-state index in [1.54, 1.807) is 6.07 Å². The fourth-order valence-electron chi connectivity index (χ4n) is 2.24. The smallest absolute Gasteiger partial charge is 0.234 e. The number of nitrogens with zero attached hydrogens (tertiary/aromatic N) is 1. The number of benzene rings is 1. The molecule has 98 valence electrons. The van der Waals surface area contributed by atoms with Gasteiger partial charge in [0.1, 0.15) is 0 Å². The molecule has 0 atom stereocenters. The topological polar surface area (TPSA) is 68.0 Å². The van der Waals surface area contributed by atoms with Crippen molar-refractivity contribution in [2.75, 3.05) is 11.1 Å². The molecular formula is C13H12ClN3OS. The molecule has 1 aliphatic rings. The molecule has 1 aliphatic heterocycles. The summed E-state index contributed by atoms with van der Waals surface area (Å²) in [6.07, 6.45) is 0. The molecule has 0 saturated carbocycles. The number of thiazole rings is 1. The Morgan fingerprint density at radius 3 is 2.79 bits per heavy atom. The van der Waals surface area contributed by atoms with Crippen molar-refractivity contribution in [1.82, 2.24) is 4.98 Å². The van der Waals surface area contributed by atoms with Gasteiger partial charge < -0.3 is 11.1 Å². The third-order valence-electron chi connectivity index (χ3n) is 3.38. The molecule has 0 spiro atoms. The van der Waals surface area contributed by atoms with E-state index < -0.39 is 5.41 Å². The number of fused-ring (bicyclic) bond motifs is 1. The molecule has 0 fully saturated rings. The molecule has 3 rings (SSSR count). The van der Waals surface area contributed by atoms with Crippen LogP contribution in [0.15, 0.2) is 17.5 Å². The van der Waals surface area contributed by atoms with Crippen LogP contribution in [0.3, 0.4) is 0 Å². The van der Waals surface area contributed by atoms with Crippen LogP contribution in [0.25, 0.3) is 11.3 Å². The van der Waals surface area contributed by atoms with Gasteiger partial charge in [0, 0.05) is 16.0 Å². The summed E-state index contributed by atoms with van der Waals surface area (Å²) in [6, 6.07) is 3.63. The van der Waals surface area contributed by atoms with Crippen molar-refractivity contribution in [3.8, 4) is 11.3 Å². The summed E-state index contributed by atoms with van der Waals surface area (Å²) < 4.78 is 0. The van der Waals surface area contributed by atoms with Gasteiger partial charge in [-0.05, 0) is 31.5 Å². The third-order valence-corrected chi connectivity index (χ3v) is 4.27. The van der Waals surface area contributed by atoms with Gasteiger partial charge >= 0.3 is 0 Å². The van der Waals surface area contributed by atoms with Crippen LogP contribution in [0.1, 0.15) is 19.4 Å². The zero-order chi connectivity index (χ0) is 13.8. The van der Waals surface area contributed by atoms with Gasteiger partial charge in [0.2, 0.25) is 5.91 Å². The zero-order valence-corrected chi connectivity index (χ0v) is 12.0. The van der Waals surface area contributed by atoms with Crippen LogP contribution in [0, 0.1) is 0 Å². The van der Waals surface area contributed by atoms with Crippen molar-refractivity contribution >= 4 is 39.7 Å². The highest BCUT2D eigenvalue weighted by Gasteiger charge is 2.40. The number of nitrogens with two attached hydrogens (primary N) is 1. The van der Waals surface area contributed by atoms with Crippen molar-refractivity contribution in [3.05, 3.63) is 28.1 Å². The largest absolute Gasteiger partial charge is 0.375 e. The van der Waals surface area contributed by atoms with Gasteiger partial charge in [0.25, 0.3) is 0 Å². The molecule has 0 unspecified atom stereocenters. The predicted molar refractivity (Wildman–Crippen MR) is 78.6 cm³/mol. The number of aromatic nitrogens is 1. The molecule has 19 heavy (non-hydrogen) atoms. The van der Waals surface area contributed by atoms with E-state index in [2.05, 4.69) is 10.3 Å². The van der Waals surface area contributed by atoms with Gasteiger partial charge in [-0.15, -0.1) is 11.3 Å². The number of nitrogen functional groups attached to an aromatic ring is 1. The number of hydrogen-bond donors (Lipinski definition) is 2. The Balaban J connectivity index is 2.27. The van der Waals surface area contributed by atoms with Gasteiger partial charge in [-0.25, -0.2) is 4.98 Å². The average Bonchev–Trinajstić information content (AvgIpc) is 2.84. The van der Waals surface area contributed by atoms with Crippen LogP contribution >= 0.6 is 22.9 Å². The maximum Gasteiger partial charge on any atom is 0.234 e. The first-order valence-electron chi connectivity index (χ1n) is 5.76. The second-order valence-corrected chi connectivity index (χ2v) is 6.35. The van der Waals surface area contributed by atoms with Gasteiger partial charge in [-0.3, -0.25) is 4.79 Å². The maximum atomic E-state index is 12.1. The van der Waals surface area contributed by atoms with Crippen molar-refractivity contribution in [2.45, 2.75) is 19.3 Å². The van der Waals surface area contributed by atoms with Crippen LogP contribution < -0.4 is 11.1 Å². The van der Waals surface area contributed by atoms with E-state index >= 15 is 0 Å². The monoisotopic (exact) mass is 293 g/mol. The number of carbonyl (C=O) groups excluding carboxylic acids is 1. The Labute approximate surface area is 119 Å². The minimum atomic E-state index is -0.587. The number of amides is 1. The minimum Gasteiger partial charge on any atom is -0.375 e. The normalized spacial score (nSPS) is 16.3. The second kappa shape index (κ2) is 3.95. The summed E-state index contributed by atoms with van der Waals surface area (Å²) >= 11 is 7.53. The molecule has 1 aromatic heterocycles. The van der Waals surface area contributed by atoms with E-state index in [-0.39, 0.29) is 5.91 Å². The van der Waals surface area contributed by atoms with E-state index in [1.165, 1.54) is 11.3 Å². The summed E-state index contributed by atoms with van der Waals surface area (Å²) in [4.78, 5) is 16.3. The van der Waals surface area contributed by atoms with Gasteiger partial charge in [0.15, 0.2) is 5.13 Å². The van der Waals surface area contributed by atoms with Crippen LogP contribution in [-0.2, 0) is 10.2 Å². The molecule has 0 bridgehead atoms. The molecule has 6 heteroatoms. The molecule has 4 nitrogen and oxygen atoms in total. The standard InChI is InChI=1S/C13H12ClN3OS/c1-13(2)8-4-6(14)3-7(10(8)17-11(13)18)9-5-19-12(15)16-9/h3-5H,1-2H3,(H2,15,16)(H,17,18).